The summed E-state index contributed by atoms with van der Waals surface area (Å²) in [5.41, 5.74) is 1.06. The summed E-state index contributed by atoms with van der Waals surface area (Å²) in [7, 11) is 4.08. The van der Waals surface area contributed by atoms with E-state index in [1.54, 1.807) is 13.0 Å². The summed E-state index contributed by atoms with van der Waals surface area (Å²) in [6.45, 7) is 3.56. The van der Waals surface area contributed by atoms with Crippen molar-refractivity contribution in [3.8, 4) is 0 Å². The molecule has 7 heteroatoms. The largest absolute Gasteiger partial charge is 0.370 e. The Balaban J connectivity index is 2.02. The lowest BCUT2D eigenvalue weighted by atomic mass is 10.3. The van der Waals surface area contributed by atoms with Crippen molar-refractivity contribution in [1.29, 1.82) is 0 Å². The second-order valence-corrected chi connectivity index (χ2v) is 6.65. The van der Waals surface area contributed by atoms with Crippen LogP contribution in [0.4, 0.5) is 11.5 Å². The third-order valence-electron chi connectivity index (χ3n) is 3.24. The van der Waals surface area contributed by atoms with Crippen LogP contribution in [0.5, 0.6) is 0 Å². The van der Waals surface area contributed by atoms with Crippen molar-refractivity contribution in [1.82, 2.24) is 14.9 Å². The zero-order valence-electron chi connectivity index (χ0n) is 14.1. The van der Waals surface area contributed by atoms with Crippen molar-refractivity contribution in [3.05, 3.63) is 46.3 Å². The Morgan fingerprint density at radius 2 is 2.04 bits per heavy atom. The molecule has 0 spiro atoms. The average Bonchev–Trinajstić information content (AvgIpc) is 2.51. The van der Waals surface area contributed by atoms with Crippen LogP contribution in [0, 0.1) is 6.92 Å². The van der Waals surface area contributed by atoms with Crippen molar-refractivity contribution in [3.63, 3.8) is 0 Å². The average molecular weight is 392 g/mol. The number of rotatable bonds is 7. The van der Waals surface area contributed by atoms with Crippen molar-refractivity contribution in [2.75, 3.05) is 37.8 Å². The van der Waals surface area contributed by atoms with E-state index < -0.39 is 0 Å². The predicted molar refractivity (Wildman–Crippen MR) is 101 cm³/mol. The van der Waals surface area contributed by atoms with E-state index in [4.69, 9.17) is 0 Å². The fraction of sp³-hybridized carbons (Fsp3) is 0.353. The highest BCUT2D eigenvalue weighted by molar-refractivity contribution is 9.10. The molecule has 2 aromatic rings. The Morgan fingerprint density at radius 3 is 2.75 bits per heavy atom. The van der Waals surface area contributed by atoms with Gasteiger partial charge in [0, 0.05) is 22.8 Å². The monoisotopic (exact) mass is 391 g/mol. The van der Waals surface area contributed by atoms with Crippen LogP contribution in [0.3, 0.4) is 0 Å². The highest BCUT2D eigenvalue weighted by atomic mass is 79.9. The number of nitrogens with one attached hydrogen (secondary N) is 2. The van der Waals surface area contributed by atoms with E-state index in [2.05, 4.69) is 41.4 Å². The summed E-state index contributed by atoms with van der Waals surface area (Å²) in [4.78, 5) is 23.1. The molecule has 6 nitrogen and oxygen atoms in total. The molecular weight excluding hydrogens is 370 g/mol. The van der Waals surface area contributed by atoms with Crippen LogP contribution < -0.4 is 10.6 Å². The highest BCUT2D eigenvalue weighted by Gasteiger charge is 2.11. The Hall–Kier alpha value is -1.99. The van der Waals surface area contributed by atoms with Gasteiger partial charge >= 0.3 is 0 Å². The van der Waals surface area contributed by atoms with Crippen molar-refractivity contribution in [2.24, 2.45) is 0 Å². The quantitative estimate of drug-likeness (QED) is 0.709. The van der Waals surface area contributed by atoms with Crippen LogP contribution in [0.25, 0.3) is 0 Å². The second kappa shape index (κ2) is 8.75. The molecule has 0 unspecified atom stereocenters. The Morgan fingerprint density at radius 1 is 1.25 bits per heavy atom. The van der Waals surface area contributed by atoms with Gasteiger partial charge in [-0.15, -0.1) is 0 Å². The summed E-state index contributed by atoms with van der Waals surface area (Å²) in [5, 5.41) is 6.09. The standard InChI is InChI=1S/C17H22BrN5O/c1-12-20-15(11-16(21-12)19-8-5-9-23(2)3)17(24)22-14-7-4-6-13(18)10-14/h4,6-7,10-11H,5,8-9H2,1-3H3,(H,22,24)(H,19,20,21). The summed E-state index contributed by atoms with van der Waals surface area (Å²) < 4.78 is 0.905. The summed E-state index contributed by atoms with van der Waals surface area (Å²) >= 11 is 3.39. The molecule has 24 heavy (non-hydrogen) atoms. The van der Waals surface area contributed by atoms with Gasteiger partial charge in [-0.3, -0.25) is 4.79 Å². The summed E-state index contributed by atoms with van der Waals surface area (Å²) in [6, 6.07) is 9.11. The van der Waals surface area contributed by atoms with Gasteiger partial charge in [0.15, 0.2) is 0 Å². The third-order valence-corrected chi connectivity index (χ3v) is 3.73. The minimum absolute atomic E-state index is 0.255. The number of carbonyl (C=O) groups excluding carboxylic acids is 1. The molecule has 1 heterocycles. The van der Waals surface area contributed by atoms with Crippen LogP contribution in [0.15, 0.2) is 34.8 Å². The van der Waals surface area contributed by atoms with Crippen LogP contribution in [0.1, 0.15) is 22.7 Å². The van der Waals surface area contributed by atoms with E-state index in [1.165, 1.54) is 0 Å². The van der Waals surface area contributed by atoms with E-state index >= 15 is 0 Å². The first-order valence-electron chi connectivity index (χ1n) is 7.75. The number of carbonyl (C=O) groups is 1. The Labute approximate surface area is 150 Å². The van der Waals surface area contributed by atoms with E-state index in [9.17, 15) is 4.79 Å². The lowest BCUT2D eigenvalue weighted by Crippen LogP contribution is -2.18. The topological polar surface area (TPSA) is 70.2 Å². The third kappa shape index (κ3) is 5.90. The van der Waals surface area contributed by atoms with E-state index in [1.807, 2.05) is 38.4 Å². The smallest absolute Gasteiger partial charge is 0.274 e. The summed E-state index contributed by atoms with van der Waals surface area (Å²) in [6.07, 6.45) is 0.996. The first-order valence-corrected chi connectivity index (χ1v) is 8.54. The molecule has 0 saturated carbocycles. The van der Waals surface area contributed by atoms with Gasteiger partial charge in [0.2, 0.25) is 0 Å². The van der Waals surface area contributed by atoms with Crippen molar-refractivity contribution < 1.29 is 4.79 Å². The highest BCUT2D eigenvalue weighted by Crippen LogP contribution is 2.16. The number of aryl methyl sites for hydroxylation is 1. The van der Waals surface area contributed by atoms with Gasteiger partial charge in [0.25, 0.3) is 5.91 Å². The Bertz CT molecular complexity index is 705. The molecule has 1 aromatic heterocycles. The van der Waals surface area contributed by atoms with E-state index in [-0.39, 0.29) is 5.91 Å². The molecule has 0 bridgehead atoms. The molecule has 0 radical (unpaired) electrons. The van der Waals surface area contributed by atoms with Crippen LogP contribution >= 0.6 is 15.9 Å². The van der Waals surface area contributed by atoms with Crippen molar-refractivity contribution in [2.45, 2.75) is 13.3 Å². The molecule has 0 atom stereocenters. The number of hydrogen-bond donors (Lipinski definition) is 2. The van der Waals surface area contributed by atoms with Gasteiger partial charge in [-0.25, -0.2) is 9.97 Å². The van der Waals surface area contributed by atoms with Gasteiger partial charge in [-0.2, -0.15) is 0 Å². The predicted octanol–water partition coefficient (Wildman–Crippen LogP) is 3.16. The normalized spacial score (nSPS) is 10.7. The number of anilines is 2. The molecule has 2 rings (SSSR count). The molecule has 0 saturated heterocycles. The zero-order valence-corrected chi connectivity index (χ0v) is 15.7. The SMILES string of the molecule is Cc1nc(NCCCN(C)C)cc(C(=O)Nc2cccc(Br)c2)n1. The number of benzene rings is 1. The summed E-state index contributed by atoms with van der Waals surface area (Å²) in [5.74, 6) is 0.975. The van der Waals surface area contributed by atoms with E-state index in [0.29, 0.717) is 23.0 Å². The molecule has 0 aliphatic rings. The van der Waals surface area contributed by atoms with Crippen LogP contribution in [-0.4, -0.2) is 48.0 Å². The molecular formula is C17H22BrN5O. The maximum atomic E-state index is 12.4. The maximum absolute atomic E-state index is 12.4. The maximum Gasteiger partial charge on any atom is 0.274 e. The molecule has 0 aliphatic heterocycles. The molecule has 128 valence electrons. The number of halogens is 1. The molecule has 1 aromatic carbocycles. The molecule has 1 amide bonds. The lowest BCUT2D eigenvalue weighted by Gasteiger charge is -2.11. The first kappa shape index (κ1) is 18.4. The minimum Gasteiger partial charge on any atom is -0.370 e. The van der Waals surface area contributed by atoms with Crippen LogP contribution in [0.2, 0.25) is 0 Å². The number of hydrogen-bond acceptors (Lipinski definition) is 5. The molecule has 0 aliphatic carbocycles. The van der Waals surface area contributed by atoms with Crippen LogP contribution in [-0.2, 0) is 0 Å². The zero-order chi connectivity index (χ0) is 17.5. The van der Waals surface area contributed by atoms with Gasteiger partial charge in [0.05, 0.1) is 0 Å². The van der Waals surface area contributed by atoms with Gasteiger partial charge in [-0.1, -0.05) is 22.0 Å². The molecule has 0 fully saturated rings. The fourth-order valence-corrected chi connectivity index (χ4v) is 2.55. The van der Waals surface area contributed by atoms with E-state index in [0.717, 1.165) is 24.0 Å². The number of aromatic nitrogens is 2. The molecule has 2 N–H and O–H groups in total. The minimum atomic E-state index is -0.255. The van der Waals surface area contributed by atoms with Gasteiger partial charge in [-0.05, 0) is 52.2 Å². The van der Waals surface area contributed by atoms with Crippen molar-refractivity contribution >= 4 is 33.3 Å². The van der Waals surface area contributed by atoms with Gasteiger partial charge in [0.1, 0.15) is 17.3 Å². The van der Waals surface area contributed by atoms with Gasteiger partial charge < -0.3 is 15.5 Å². The number of amides is 1. The number of nitrogens with zero attached hydrogens (tertiary/aromatic N) is 3. The first-order chi connectivity index (χ1) is 11.4. The second-order valence-electron chi connectivity index (χ2n) is 5.73. The lowest BCUT2D eigenvalue weighted by molar-refractivity contribution is 0.102. The Kier molecular flexibility index (Phi) is 6.69. The fourth-order valence-electron chi connectivity index (χ4n) is 2.15.